The predicted octanol–water partition coefficient (Wildman–Crippen LogP) is 2.36. The topological polar surface area (TPSA) is 74.8 Å². The van der Waals surface area contributed by atoms with Crippen LogP contribution in [0.2, 0.25) is 0 Å². The Morgan fingerprint density at radius 3 is 1.64 bits per heavy atom. The molecule has 0 saturated heterocycles. The third-order valence-corrected chi connectivity index (χ3v) is 4.29. The molecule has 1 heterocycles. The quantitative estimate of drug-likeness (QED) is 0.632. The number of ketones is 2. The summed E-state index contributed by atoms with van der Waals surface area (Å²) in [4.78, 5) is 52.6. The fourth-order valence-corrected chi connectivity index (χ4v) is 3.23. The van der Waals surface area contributed by atoms with Crippen molar-refractivity contribution in [2.75, 3.05) is 20.8 Å². The molecule has 0 aromatic heterocycles. The first-order valence-corrected chi connectivity index (χ1v) is 7.86. The van der Waals surface area contributed by atoms with E-state index in [-0.39, 0.29) is 18.2 Å². The minimum atomic E-state index is -0.424. The normalized spacial score (nSPS) is 13.7. The summed E-state index contributed by atoms with van der Waals surface area (Å²) in [5.41, 5.74) is 1.35. The Labute approximate surface area is 145 Å². The van der Waals surface area contributed by atoms with Crippen molar-refractivity contribution in [3.63, 3.8) is 0 Å². The fourth-order valence-electron chi connectivity index (χ4n) is 3.23. The van der Waals surface area contributed by atoms with E-state index in [2.05, 4.69) is 0 Å². The zero-order valence-electron chi connectivity index (χ0n) is 14.5. The number of carbonyl (C=O) groups is 4. The van der Waals surface area contributed by atoms with Gasteiger partial charge in [-0.05, 0) is 52.2 Å². The molecule has 0 spiro atoms. The molecule has 1 aliphatic rings. The third kappa shape index (κ3) is 2.55. The van der Waals surface area contributed by atoms with Crippen LogP contribution in [-0.2, 0) is 0 Å². The molecule has 0 radical (unpaired) electrons. The van der Waals surface area contributed by atoms with Crippen LogP contribution in [0.5, 0.6) is 0 Å². The fraction of sp³-hybridized carbons (Fsp3) is 0.263. The lowest BCUT2D eigenvalue weighted by molar-refractivity contribution is 0.0538. The van der Waals surface area contributed by atoms with Gasteiger partial charge in [0.2, 0.25) is 0 Å². The van der Waals surface area contributed by atoms with Crippen molar-refractivity contribution in [2.45, 2.75) is 13.8 Å². The van der Waals surface area contributed by atoms with Crippen LogP contribution in [0.1, 0.15) is 55.3 Å². The SMILES string of the molecule is CC(=O)c1ccc2c3c(ccc(C(C)=O)c13)C(=O)N(CN(C)C)C2=O. The Bertz CT molecular complexity index is 891. The van der Waals surface area contributed by atoms with Crippen molar-refractivity contribution in [1.29, 1.82) is 0 Å². The van der Waals surface area contributed by atoms with E-state index in [0.717, 1.165) is 4.90 Å². The van der Waals surface area contributed by atoms with E-state index in [1.54, 1.807) is 43.3 Å². The van der Waals surface area contributed by atoms with Gasteiger partial charge in [-0.2, -0.15) is 0 Å². The van der Waals surface area contributed by atoms with E-state index in [9.17, 15) is 19.2 Å². The number of rotatable bonds is 4. The van der Waals surface area contributed by atoms with E-state index in [1.165, 1.54) is 13.8 Å². The van der Waals surface area contributed by atoms with E-state index in [0.29, 0.717) is 33.0 Å². The van der Waals surface area contributed by atoms with Crippen LogP contribution in [0.4, 0.5) is 0 Å². The monoisotopic (exact) mass is 338 g/mol. The van der Waals surface area contributed by atoms with Gasteiger partial charge in [0.1, 0.15) is 0 Å². The Morgan fingerprint density at radius 2 is 1.28 bits per heavy atom. The highest BCUT2D eigenvalue weighted by atomic mass is 16.2. The highest BCUT2D eigenvalue weighted by Crippen LogP contribution is 2.35. The molecule has 1 aliphatic heterocycles. The van der Waals surface area contributed by atoms with Crippen LogP contribution in [0.3, 0.4) is 0 Å². The van der Waals surface area contributed by atoms with Crippen LogP contribution in [-0.4, -0.2) is 53.9 Å². The molecule has 6 nitrogen and oxygen atoms in total. The summed E-state index contributed by atoms with van der Waals surface area (Å²) in [5.74, 6) is -1.29. The summed E-state index contributed by atoms with van der Waals surface area (Å²) in [6.45, 7) is 2.96. The molecule has 0 N–H and O–H groups in total. The Kier molecular flexibility index (Phi) is 4.00. The smallest absolute Gasteiger partial charge is 0.262 e. The van der Waals surface area contributed by atoms with Crippen molar-refractivity contribution >= 4 is 34.2 Å². The van der Waals surface area contributed by atoms with Gasteiger partial charge in [0.15, 0.2) is 11.6 Å². The molecule has 3 rings (SSSR count). The second kappa shape index (κ2) is 5.89. The van der Waals surface area contributed by atoms with Crippen LogP contribution < -0.4 is 0 Å². The molecule has 0 bridgehead atoms. The number of hydrogen-bond donors (Lipinski definition) is 0. The van der Waals surface area contributed by atoms with Gasteiger partial charge in [-0.1, -0.05) is 0 Å². The number of benzene rings is 2. The van der Waals surface area contributed by atoms with Crippen molar-refractivity contribution in [2.24, 2.45) is 0 Å². The molecule has 2 aromatic rings. The van der Waals surface area contributed by atoms with Gasteiger partial charge in [-0.25, -0.2) is 0 Å². The average Bonchev–Trinajstić information content (AvgIpc) is 2.54. The molecule has 0 fully saturated rings. The summed E-state index contributed by atoms with van der Waals surface area (Å²) >= 11 is 0. The maximum absolute atomic E-state index is 12.8. The van der Waals surface area contributed by atoms with Gasteiger partial charge in [0, 0.05) is 33.0 Å². The lowest BCUT2D eigenvalue weighted by Gasteiger charge is -2.30. The molecular weight excluding hydrogens is 320 g/mol. The second-order valence-corrected chi connectivity index (χ2v) is 6.44. The van der Waals surface area contributed by atoms with E-state index < -0.39 is 11.8 Å². The highest BCUT2D eigenvalue weighted by molar-refractivity contribution is 6.30. The third-order valence-electron chi connectivity index (χ3n) is 4.29. The highest BCUT2D eigenvalue weighted by Gasteiger charge is 2.34. The number of amides is 2. The minimum absolute atomic E-state index is 0.154. The van der Waals surface area contributed by atoms with Gasteiger partial charge in [-0.3, -0.25) is 29.0 Å². The first kappa shape index (κ1) is 17.0. The van der Waals surface area contributed by atoms with E-state index >= 15 is 0 Å². The summed E-state index contributed by atoms with van der Waals surface area (Å²) in [7, 11) is 3.53. The largest absolute Gasteiger partial charge is 0.294 e. The first-order chi connectivity index (χ1) is 11.7. The Hall–Kier alpha value is -2.86. The maximum Gasteiger partial charge on any atom is 0.262 e. The van der Waals surface area contributed by atoms with E-state index in [4.69, 9.17) is 0 Å². The molecular formula is C19H18N2O4. The van der Waals surface area contributed by atoms with Crippen LogP contribution in [0.25, 0.3) is 10.8 Å². The zero-order chi connectivity index (χ0) is 18.5. The summed E-state index contributed by atoms with van der Waals surface area (Å²) in [6, 6.07) is 6.23. The number of Topliss-reactive ketones (excluding diaryl/α,β-unsaturated/α-hetero) is 2. The molecule has 0 aliphatic carbocycles. The van der Waals surface area contributed by atoms with Gasteiger partial charge < -0.3 is 0 Å². The van der Waals surface area contributed by atoms with Crippen LogP contribution >= 0.6 is 0 Å². The van der Waals surface area contributed by atoms with Gasteiger partial charge >= 0.3 is 0 Å². The van der Waals surface area contributed by atoms with Crippen LogP contribution in [0, 0.1) is 0 Å². The van der Waals surface area contributed by atoms with Crippen LogP contribution in [0.15, 0.2) is 24.3 Å². The summed E-state index contributed by atoms with van der Waals surface area (Å²) in [5, 5.41) is 0.784. The zero-order valence-corrected chi connectivity index (χ0v) is 14.5. The van der Waals surface area contributed by atoms with Crippen molar-refractivity contribution < 1.29 is 19.2 Å². The summed E-state index contributed by atoms with van der Waals surface area (Å²) in [6.07, 6.45) is 0. The molecule has 2 aromatic carbocycles. The Balaban J connectivity index is 2.41. The summed E-state index contributed by atoms with van der Waals surface area (Å²) < 4.78 is 0. The molecule has 128 valence electrons. The molecule has 2 amide bonds. The standard InChI is InChI=1S/C19H18N2O4/c1-10(22)12-5-7-14-17-15(8-6-13(11(2)23)16(12)17)19(25)21(18(14)24)9-20(3)4/h5-8H,9H2,1-4H3. The lowest BCUT2D eigenvalue weighted by atomic mass is 9.87. The van der Waals surface area contributed by atoms with E-state index in [1.807, 2.05) is 0 Å². The minimum Gasteiger partial charge on any atom is -0.294 e. The molecule has 25 heavy (non-hydrogen) atoms. The number of hydrogen-bond acceptors (Lipinski definition) is 5. The van der Waals surface area contributed by atoms with Crippen molar-refractivity contribution in [3.8, 4) is 0 Å². The number of nitrogens with zero attached hydrogens (tertiary/aromatic N) is 2. The number of carbonyl (C=O) groups excluding carboxylic acids is 4. The first-order valence-electron chi connectivity index (χ1n) is 7.86. The van der Waals surface area contributed by atoms with Gasteiger partial charge in [-0.15, -0.1) is 0 Å². The molecule has 0 unspecified atom stereocenters. The molecule has 0 atom stereocenters. The van der Waals surface area contributed by atoms with Gasteiger partial charge in [0.25, 0.3) is 11.8 Å². The van der Waals surface area contributed by atoms with Crippen molar-refractivity contribution in [1.82, 2.24) is 9.80 Å². The maximum atomic E-state index is 12.8. The molecule has 6 heteroatoms. The second-order valence-electron chi connectivity index (χ2n) is 6.44. The predicted molar refractivity (Wildman–Crippen MR) is 93.0 cm³/mol. The van der Waals surface area contributed by atoms with Gasteiger partial charge in [0.05, 0.1) is 6.67 Å². The average molecular weight is 338 g/mol. The number of imide groups is 1. The molecule has 0 saturated carbocycles. The lowest BCUT2D eigenvalue weighted by Crippen LogP contribution is -2.45. The Morgan fingerprint density at radius 1 is 0.840 bits per heavy atom. The van der Waals surface area contributed by atoms with Crippen molar-refractivity contribution in [3.05, 3.63) is 46.5 Å².